The Morgan fingerprint density at radius 1 is 0.824 bits per heavy atom. The monoisotopic (exact) mass is 230 g/mol. The average Bonchev–Trinajstić information content (AvgIpc) is 2.29. The van der Waals surface area contributed by atoms with E-state index in [2.05, 4.69) is 0 Å². The van der Waals surface area contributed by atoms with Crippen molar-refractivity contribution in [2.24, 2.45) is 0 Å². The molecule has 0 radical (unpaired) electrons. The van der Waals surface area contributed by atoms with Gasteiger partial charge in [-0.15, -0.1) is 0 Å². The molecule has 0 fully saturated rings. The summed E-state index contributed by atoms with van der Waals surface area (Å²) in [7, 11) is 0. The van der Waals surface area contributed by atoms with Gasteiger partial charge in [0.05, 0.1) is 0 Å². The van der Waals surface area contributed by atoms with E-state index in [9.17, 15) is 4.39 Å². The largest absolute Gasteiger partial charge is 0.457 e. The van der Waals surface area contributed by atoms with E-state index in [0.29, 0.717) is 16.9 Å². The van der Waals surface area contributed by atoms with Gasteiger partial charge in [-0.25, -0.2) is 4.39 Å². The quantitative estimate of drug-likeness (QED) is 0.735. The lowest BCUT2D eigenvalue weighted by Crippen LogP contribution is -1.91. The van der Waals surface area contributed by atoms with Crippen molar-refractivity contribution < 1.29 is 9.13 Å². The first-order chi connectivity index (χ1) is 8.06. The fourth-order valence-electron chi connectivity index (χ4n) is 1.71. The lowest BCUT2D eigenvalue weighted by Gasteiger charge is -2.09. The van der Waals surface area contributed by atoms with Gasteiger partial charge in [0.25, 0.3) is 0 Å². The minimum Gasteiger partial charge on any atom is -0.457 e. The van der Waals surface area contributed by atoms with Crippen LogP contribution in [0.3, 0.4) is 0 Å². The summed E-state index contributed by atoms with van der Waals surface area (Å²) in [5.74, 6) is 1.27. The number of hydrogen-bond donors (Lipinski definition) is 0. The highest BCUT2D eigenvalue weighted by Gasteiger charge is 2.05. The van der Waals surface area contributed by atoms with Crippen LogP contribution >= 0.6 is 0 Å². The highest BCUT2D eigenvalue weighted by atomic mass is 19.1. The number of hydrogen-bond acceptors (Lipinski definition) is 1. The van der Waals surface area contributed by atoms with Crippen LogP contribution in [0.1, 0.15) is 16.7 Å². The second-order valence-corrected chi connectivity index (χ2v) is 4.29. The normalized spacial score (nSPS) is 10.4. The van der Waals surface area contributed by atoms with Gasteiger partial charge in [-0.3, -0.25) is 0 Å². The second kappa shape index (κ2) is 4.58. The van der Waals surface area contributed by atoms with Gasteiger partial charge in [0.2, 0.25) is 0 Å². The summed E-state index contributed by atoms with van der Waals surface area (Å²) in [5.41, 5.74) is 2.39. The van der Waals surface area contributed by atoms with Gasteiger partial charge in [-0.1, -0.05) is 17.7 Å². The highest BCUT2D eigenvalue weighted by Crippen LogP contribution is 2.25. The topological polar surface area (TPSA) is 9.23 Å². The highest BCUT2D eigenvalue weighted by molar-refractivity contribution is 5.38. The van der Waals surface area contributed by atoms with Crippen molar-refractivity contribution in [3.63, 3.8) is 0 Å². The molecular weight excluding hydrogens is 215 g/mol. The standard InChI is InChI=1S/C15H15FO/c1-10-4-6-13(7-5-10)17-14-8-11(2)15(16)12(3)9-14/h4-9H,1-3H3. The van der Waals surface area contributed by atoms with E-state index in [1.54, 1.807) is 26.0 Å². The summed E-state index contributed by atoms with van der Waals surface area (Å²) >= 11 is 0. The van der Waals surface area contributed by atoms with E-state index in [4.69, 9.17) is 4.74 Å². The van der Waals surface area contributed by atoms with Gasteiger partial charge in [0, 0.05) is 0 Å². The second-order valence-electron chi connectivity index (χ2n) is 4.29. The molecule has 0 aliphatic heterocycles. The third-order valence-corrected chi connectivity index (χ3v) is 2.67. The fraction of sp³-hybridized carbons (Fsp3) is 0.200. The predicted molar refractivity (Wildman–Crippen MR) is 67.1 cm³/mol. The molecule has 0 heterocycles. The maximum absolute atomic E-state index is 13.4. The molecule has 0 unspecified atom stereocenters. The molecular formula is C15H15FO. The first-order valence-electron chi connectivity index (χ1n) is 5.57. The van der Waals surface area contributed by atoms with Crippen molar-refractivity contribution in [2.45, 2.75) is 20.8 Å². The summed E-state index contributed by atoms with van der Waals surface area (Å²) in [6.07, 6.45) is 0. The number of ether oxygens (including phenoxy) is 1. The van der Waals surface area contributed by atoms with Crippen LogP contribution in [0.15, 0.2) is 36.4 Å². The Kier molecular flexibility index (Phi) is 3.14. The third-order valence-electron chi connectivity index (χ3n) is 2.67. The molecule has 17 heavy (non-hydrogen) atoms. The minimum absolute atomic E-state index is 0.166. The number of rotatable bonds is 2. The summed E-state index contributed by atoms with van der Waals surface area (Å²) in [6.45, 7) is 5.50. The Bertz CT molecular complexity index is 506. The van der Waals surface area contributed by atoms with Crippen LogP contribution < -0.4 is 4.74 Å². The molecule has 2 aromatic carbocycles. The van der Waals surface area contributed by atoms with Crippen LogP contribution in [0.25, 0.3) is 0 Å². The zero-order chi connectivity index (χ0) is 12.4. The summed E-state index contributed by atoms with van der Waals surface area (Å²) in [6, 6.07) is 11.2. The first-order valence-corrected chi connectivity index (χ1v) is 5.57. The minimum atomic E-state index is -0.166. The van der Waals surface area contributed by atoms with Crippen molar-refractivity contribution in [3.05, 3.63) is 58.9 Å². The van der Waals surface area contributed by atoms with E-state index < -0.39 is 0 Å². The molecule has 0 aliphatic rings. The molecule has 2 aromatic rings. The Balaban J connectivity index is 2.27. The van der Waals surface area contributed by atoms with Crippen LogP contribution in [-0.2, 0) is 0 Å². The Morgan fingerprint density at radius 2 is 1.35 bits per heavy atom. The van der Waals surface area contributed by atoms with E-state index in [1.165, 1.54) is 5.56 Å². The Labute approximate surface area is 101 Å². The van der Waals surface area contributed by atoms with Gasteiger partial charge in [-0.05, 0) is 56.2 Å². The van der Waals surface area contributed by atoms with Crippen molar-refractivity contribution >= 4 is 0 Å². The summed E-state index contributed by atoms with van der Waals surface area (Å²) in [4.78, 5) is 0. The van der Waals surface area contributed by atoms with Crippen LogP contribution in [0.4, 0.5) is 4.39 Å². The van der Waals surface area contributed by atoms with Gasteiger partial charge in [0.1, 0.15) is 17.3 Å². The third kappa shape index (κ3) is 2.64. The molecule has 1 nitrogen and oxygen atoms in total. The van der Waals surface area contributed by atoms with E-state index in [-0.39, 0.29) is 5.82 Å². The van der Waals surface area contributed by atoms with Gasteiger partial charge < -0.3 is 4.74 Å². The summed E-state index contributed by atoms with van der Waals surface area (Å²) in [5, 5.41) is 0. The lowest BCUT2D eigenvalue weighted by atomic mass is 10.1. The molecule has 0 bridgehead atoms. The summed E-state index contributed by atoms with van der Waals surface area (Å²) < 4.78 is 19.1. The molecule has 0 saturated carbocycles. The van der Waals surface area contributed by atoms with Crippen LogP contribution in [0.2, 0.25) is 0 Å². The van der Waals surface area contributed by atoms with Crippen molar-refractivity contribution in [1.29, 1.82) is 0 Å². The van der Waals surface area contributed by atoms with Crippen molar-refractivity contribution in [2.75, 3.05) is 0 Å². The molecule has 0 aliphatic carbocycles. The van der Waals surface area contributed by atoms with Crippen molar-refractivity contribution in [3.8, 4) is 11.5 Å². The van der Waals surface area contributed by atoms with E-state index >= 15 is 0 Å². The first kappa shape index (κ1) is 11.6. The predicted octanol–water partition coefficient (Wildman–Crippen LogP) is 4.54. The lowest BCUT2D eigenvalue weighted by molar-refractivity contribution is 0.478. The van der Waals surface area contributed by atoms with Crippen LogP contribution in [0, 0.1) is 26.6 Å². The maximum Gasteiger partial charge on any atom is 0.129 e. The van der Waals surface area contributed by atoms with Crippen LogP contribution in [0.5, 0.6) is 11.5 Å². The zero-order valence-corrected chi connectivity index (χ0v) is 10.3. The number of benzene rings is 2. The van der Waals surface area contributed by atoms with E-state index in [1.807, 2.05) is 31.2 Å². The van der Waals surface area contributed by atoms with Crippen molar-refractivity contribution in [1.82, 2.24) is 0 Å². The number of halogens is 1. The van der Waals surface area contributed by atoms with Gasteiger partial charge in [0.15, 0.2) is 0 Å². The molecule has 0 N–H and O–H groups in total. The fourth-order valence-corrected chi connectivity index (χ4v) is 1.71. The SMILES string of the molecule is Cc1ccc(Oc2cc(C)c(F)c(C)c2)cc1. The Morgan fingerprint density at radius 3 is 1.88 bits per heavy atom. The molecule has 2 heteroatoms. The Hall–Kier alpha value is -1.83. The maximum atomic E-state index is 13.4. The molecule has 0 amide bonds. The van der Waals surface area contributed by atoms with Gasteiger partial charge >= 0.3 is 0 Å². The smallest absolute Gasteiger partial charge is 0.129 e. The molecule has 0 atom stereocenters. The zero-order valence-electron chi connectivity index (χ0n) is 10.3. The molecule has 0 spiro atoms. The van der Waals surface area contributed by atoms with Crippen LogP contribution in [-0.4, -0.2) is 0 Å². The molecule has 2 rings (SSSR count). The van der Waals surface area contributed by atoms with E-state index in [0.717, 1.165) is 5.75 Å². The molecule has 0 saturated heterocycles. The molecule has 88 valence electrons. The number of aryl methyl sites for hydroxylation is 3. The van der Waals surface area contributed by atoms with Gasteiger partial charge in [-0.2, -0.15) is 0 Å². The molecule has 0 aromatic heterocycles. The average molecular weight is 230 g/mol.